The van der Waals surface area contributed by atoms with Crippen LogP contribution in [0.4, 0.5) is 0 Å². The number of hydrogen-bond acceptors (Lipinski definition) is 8. The highest BCUT2D eigenvalue weighted by Crippen LogP contribution is 2.41. The van der Waals surface area contributed by atoms with Gasteiger partial charge >= 0.3 is 15.6 Å². The number of aliphatic hydroxyl groups is 3. The fourth-order valence-electron chi connectivity index (χ4n) is 1.47. The van der Waals surface area contributed by atoms with E-state index in [1.54, 1.807) is 0 Å². The zero-order valence-corrected chi connectivity index (χ0v) is 11.5. The van der Waals surface area contributed by atoms with Crippen molar-refractivity contribution in [2.24, 2.45) is 0 Å². The van der Waals surface area contributed by atoms with Crippen molar-refractivity contribution in [2.45, 2.75) is 24.1 Å². The molecular formula is C6H14O12P2. The lowest BCUT2D eigenvalue weighted by Crippen LogP contribution is -2.46. The number of aliphatic hydroxyl groups excluding tert-OH is 2. The number of phosphoric ester groups is 2. The molecule has 4 atom stereocenters. The summed E-state index contributed by atoms with van der Waals surface area (Å²) >= 11 is 0. The fourth-order valence-corrected chi connectivity index (χ4v) is 2.17. The fraction of sp³-hybridized carbons (Fsp3) is 1.00. The van der Waals surface area contributed by atoms with E-state index in [1.165, 1.54) is 0 Å². The van der Waals surface area contributed by atoms with Crippen LogP contribution in [-0.2, 0) is 22.9 Å². The quantitative estimate of drug-likeness (QED) is 0.242. The summed E-state index contributed by atoms with van der Waals surface area (Å²) in [5.41, 5.74) is 0. The lowest BCUT2D eigenvalue weighted by molar-refractivity contribution is -0.245. The molecule has 1 heterocycles. The zero-order valence-electron chi connectivity index (χ0n) is 9.71. The van der Waals surface area contributed by atoms with Gasteiger partial charge in [-0.2, -0.15) is 0 Å². The average Bonchev–Trinajstić information content (AvgIpc) is 2.48. The first-order valence-electron chi connectivity index (χ1n) is 5.00. The predicted octanol–water partition coefficient (Wildman–Crippen LogP) is -2.99. The lowest BCUT2D eigenvalue weighted by atomic mass is 10.1. The van der Waals surface area contributed by atoms with Crippen LogP contribution in [0.2, 0.25) is 0 Å². The highest BCUT2D eigenvalue weighted by atomic mass is 31.2. The SMILES string of the molecule is O=P(O)(O)OC[C@H]1O[C@](O)(COP(=O)(O)O)[C@@H](O)[C@@H]1O. The van der Waals surface area contributed by atoms with Crippen LogP contribution in [0, 0.1) is 0 Å². The van der Waals surface area contributed by atoms with Crippen LogP contribution in [0.5, 0.6) is 0 Å². The molecule has 0 amide bonds. The van der Waals surface area contributed by atoms with Crippen molar-refractivity contribution in [3.8, 4) is 0 Å². The summed E-state index contributed by atoms with van der Waals surface area (Å²) in [6, 6.07) is 0. The Morgan fingerprint density at radius 2 is 1.55 bits per heavy atom. The average molecular weight is 340 g/mol. The van der Waals surface area contributed by atoms with E-state index in [0.29, 0.717) is 0 Å². The molecule has 0 aromatic heterocycles. The third kappa shape index (κ3) is 5.11. The molecule has 0 saturated carbocycles. The molecule has 0 spiro atoms. The lowest BCUT2D eigenvalue weighted by Gasteiger charge is -2.25. The van der Waals surface area contributed by atoms with E-state index in [9.17, 15) is 24.4 Å². The Labute approximate surface area is 112 Å². The Bertz CT molecular complexity index is 428. The molecular weight excluding hydrogens is 326 g/mol. The van der Waals surface area contributed by atoms with Crippen LogP contribution < -0.4 is 0 Å². The van der Waals surface area contributed by atoms with Gasteiger partial charge in [0, 0.05) is 0 Å². The second-order valence-corrected chi connectivity index (χ2v) is 6.47. The van der Waals surface area contributed by atoms with E-state index < -0.39 is 53.0 Å². The van der Waals surface area contributed by atoms with Crippen molar-refractivity contribution in [1.82, 2.24) is 0 Å². The molecule has 120 valence electrons. The molecule has 12 nitrogen and oxygen atoms in total. The standard InChI is InChI=1S/C6H14O12P2/c7-4-3(1-16-19(10,11)12)18-6(9,5(4)8)2-17-20(13,14)15/h3-5,7-9H,1-2H2,(H2,10,11,12)(H2,13,14,15)/t3-,4-,5+,6-/m1/s1. The van der Waals surface area contributed by atoms with Gasteiger partial charge in [-0.25, -0.2) is 9.13 Å². The number of hydrogen-bond donors (Lipinski definition) is 7. The molecule has 0 unspecified atom stereocenters. The Morgan fingerprint density at radius 1 is 1.05 bits per heavy atom. The first-order chi connectivity index (χ1) is 8.84. The summed E-state index contributed by atoms with van der Waals surface area (Å²) in [5.74, 6) is -2.66. The normalized spacial score (nSPS) is 35.5. The van der Waals surface area contributed by atoms with E-state index in [4.69, 9.17) is 19.6 Å². The van der Waals surface area contributed by atoms with E-state index in [2.05, 4.69) is 13.8 Å². The van der Waals surface area contributed by atoms with Gasteiger partial charge in [0.2, 0.25) is 5.79 Å². The van der Waals surface area contributed by atoms with E-state index in [1.807, 2.05) is 0 Å². The minimum Gasteiger partial charge on any atom is -0.387 e. The molecule has 1 saturated heterocycles. The minimum absolute atomic E-state index is 0.874. The first-order valence-corrected chi connectivity index (χ1v) is 8.07. The molecule has 0 aromatic carbocycles. The van der Waals surface area contributed by atoms with Crippen LogP contribution >= 0.6 is 15.6 Å². The van der Waals surface area contributed by atoms with Gasteiger partial charge in [-0.05, 0) is 0 Å². The van der Waals surface area contributed by atoms with Crippen molar-refractivity contribution in [2.75, 3.05) is 13.2 Å². The van der Waals surface area contributed by atoms with Gasteiger partial charge in [-0.3, -0.25) is 9.05 Å². The zero-order chi connectivity index (χ0) is 15.8. The molecule has 1 fully saturated rings. The van der Waals surface area contributed by atoms with Crippen LogP contribution in [0.1, 0.15) is 0 Å². The minimum atomic E-state index is -4.96. The molecule has 0 aromatic rings. The van der Waals surface area contributed by atoms with Crippen LogP contribution in [0.15, 0.2) is 0 Å². The van der Waals surface area contributed by atoms with E-state index >= 15 is 0 Å². The maximum atomic E-state index is 10.5. The molecule has 1 aliphatic rings. The van der Waals surface area contributed by atoms with Gasteiger partial charge in [0.25, 0.3) is 0 Å². The molecule has 7 N–H and O–H groups in total. The second kappa shape index (κ2) is 6.05. The maximum Gasteiger partial charge on any atom is 0.469 e. The summed E-state index contributed by atoms with van der Waals surface area (Å²) in [7, 11) is -9.82. The van der Waals surface area contributed by atoms with Gasteiger partial charge < -0.3 is 39.6 Å². The molecule has 1 aliphatic heterocycles. The third-order valence-corrected chi connectivity index (χ3v) is 3.32. The van der Waals surface area contributed by atoms with Crippen molar-refractivity contribution in [3.05, 3.63) is 0 Å². The summed E-state index contributed by atoms with van der Waals surface area (Å²) in [4.78, 5) is 33.9. The Morgan fingerprint density at radius 3 is 2.00 bits per heavy atom. The summed E-state index contributed by atoms with van der Waals surface area (Å²) in [6.07, 6.45) is -5.38. The molecule has 0 aliphatic carbocycles. The maximum absolute atomic E-state index is 10.5. The van der Waals surface area contributed by atoms with E-state index in [0.717, 1.165) is 0 Å². The first kappa shape index (κ1) is 18.1. The molecule has 0 radical (unpaired) electrons. The summed E-state index contributed by atoms with van der Waals surface area (Å²) in [6.45, 7) is -2.05. The Kier molecular flexibility index (Phi) is 5.48. The molecule has 20 heavy (non-hydrogen) atoms. The Hall–Kier alpha value is 0.0600. The van der Waals surface area contributed by atoms with Gasteiger partial charge in [-0.15, -0.1) is 0 Å². The highest BCUT2D eigenvalue weighted by molar-refractivity contribution is 7.46. The topological polar surface area (TPSA) is 203 Å². The number of phosphoric acid groups is 2. The van der Waals surface area contributed by atoms with Crippen LogP contribution in [0.3, 0.4) is 0 Å². The van der Waals surface area contributed by atoms with Crippen molar-refractivity contribution >= 4 is 15.6 Å². The monoisotopic (exact) mass is 340 g/mol. The summed E-state index contributed by atoms with van der Waals surface area (Å²) in [5, 5.41) is 28.8. The number of rotatable bonds is 6. The third-order valence-electron chi connectivity index (χ3n) is 2.37. The largest absolute Gasteiger partial charge is 0.469 e. The Balaban J connectivity index is 2.67. The predicted molar refractivity (Wildman–Crippen MR) is 57.8 cm³/mol. The van der Waals surface area contributed by atoms with Gasteiger partial charge in [-0.1, -0.05) is 0 Å². The molecule has 0 bridgehead atoms. The molecule has 1 rings (SSSR count). The van der Waals surface area contributed by atoms with Crippen LogP contribution in [0.25, 0.3) is 0 Å². The summed E-state index contributed by atoms with van der Waals surface area (Å²) < 4.78 is 33.6. The second-order valence-electron chi connectivity index (χ2n) is 3.99. The van der Waals surface area contributed by atoms with Crippen LogP contribution in [-0.4, -0.2) is 72.2 Å². The highest BCUT2D eigenvalue weighted by Gasteiger charge is 2.54. The van der Waals surface area contributed by atoms with Gasteiger partial charge in [0.15, 0.2) is 0 Å². The number of ether oxygens (including phenoxy) is 1. The van der Waals surface area contributed by atoms with Crippen molar-refractivity contribution in [1.29, 1.82) is 0 Å². The van der Waals surface area contributed by atoms with Crippen molar-refractivity contribution < 1.29 is 57.8 Å². The van der Waals surface area contributed by atoms with E-state index in [-0.39, 0.29) is 0 Å². The van der Waals surface area contributed by atoms with Crippen molar-refractivity contribution in [3.63, 3.8) is 0 Å². The van der Waals surface area contributed by atoms with Gasteiger partial charge in [0.05, 0.1) is 6.61 Å². The van der Waals surface area contributed by atoms with Gasteiger partial charge in [0.1, 0.15) is 24.9 Å². The molecule has 14 heteroatoms. The smallest absolute Gasteiger partial charge is 0.387 e.